The zero-order chi connectivity index (χ0) is 13.7. The Bertz CT molecular complexity index is 552. The molecule has 5 heteroatoms. The maximum atomic E-state index is 11.9. The lowest BCUT2D eigenvalue weighted by Gasteiger charge is -2.06. The smallest absolute Gasteiger partial charge is 0.251 e. The van der Waals surface area contributed by atoms with Gasteiger partial charge in [0.25, 0.3) is 5.91 Å². The number of carbonyl (C=O) groups is 1. The van der Waals surface area contributed by atoms with Crippen LogP contribution in [0.15, 0.2) is 47.2 Å². The van der Waals surface area contributed by atoms with Gasteiger partial charge in [0.05, 0.1) is 0 Å². The second kappa shape index (κ2) is 6.33. The molecule has 0 saturated carbocycles. The molecule has 0 aliphatic rings. The Morgan fingerprint density at radius 3 is 2.89 bits per heavy atom. The molecule has 1 aromatic heterocycles. The fourth-order valence-electron chi connectivity index (χ4n) is 1.71. The number of rotatable bonds is 4. The summed E-state index contributed by atoms with van der Waals surface area (Å²) in [5.41, 5.74) is 7.91. The van der Waals surface area contributed by atoms with Crippen molar-refractivity contribution < 1.29 is 4.79 Å². The molecule has 4 nitrogen and oxygen atoms in total. The number of halogens is 1. The number of nitrogen functional groups attached to an aromatic ring is 1. The second-order valence-corrected chi connectivity index (χ2v) is 5.06. The van der Waals surface area contributed by atoms with Crippen molar-refractivity contribution in [2.24, 2.45) is 0 Å². The molecule has 0 aliphatic heterocycles. The van der Waals surface area contributed by atoms with Crippen LogP contribution >= 0.6 is 15.9 Å². The number of amides is 1. The maximum absolute atomic E-state index is 11.9. The van der Waals surface area contributed by atoms with Crippen molar-refractivity contribution in [2.75, 3.05) is 12.3 Å². The van der Waals surface area contributed by atoms with Gasteiger partial charge in [-0.2, -0.15) is 0 Å². The van der Waals surface area contributed by atoms with Gasteiger partial charge >= 0.3 is 0 Å². The van der Waals surface area contributed by atoms with Crippen LogP contribution in [0.2, 0.25) is 0 Å². The number of pyridine rings is 1. The van der Waals surface area contributed by atoms with Crippen LogP contribution in [0.4, 0.5) is 5.69 Å². The summed E-state index contributed by atoms with van der Waals surface area (Å²) in [6.45, 7) is 0.566. The molecule has 0 unspecified atom stereocenters. The van der Waals surface area contributed by atoms with Crippen molar-refractivity contribution in [1.82, 2.24) is 10.3 Å². The number of hydrogen-bond donors (Lipinski definition) is 2. The van der Waals surface area contributed by atoms with Gasteiger partial charge in [-0.05, 0) is 36.2 Å². The van der Waals surface area contributed by atoms with Crippen LogP contribution in [0.1, 0.15) is 15.9 Å². The van der Waals surface area contributed by atoms with E-state index in [1.54, 1.807) is 30.6 Å². The first-order valence-corrected chi connectivity index (χ1v) is 6.67. The van der Waals surface area contributed by atoms with E-state index < -0.39 is 0 Å². The van der Waals surface area contributed by atoms with Crippen LogP contribution in [0.3, 0.4) is 0 Å². The van der Waals surface area contributed by atoms with E-state index in [0.717, 1.165) is 16.5 Å². The Morgan fingerprint density at radius 1 is 1.37 bits per heavy atom. The van der Waals surface area contributed by atoms with E-state index in [2.05, 4.69) is 26.2 Å². The maximum Gasteiger partial charge on any atom is 0.251 e. The van der Waals surface area contributed by atoms with Gasteiger partial charge in [-0.1, -0.05) is 22.0 Å². The quantitative estimate of drug-likeness (QED) is 0.850. The molecule has 1 amide bonds. The fourth-order valence-corrected chi connectivity index (χ4v) is 2.22. The lowest BCUT2D eigenvalue weighted by molar-refractivity contribution is 0.0954. The number of aromatic nitrogens is 1. The number of benzene rings is 1. The molecule has 0 aliphatic carbocycles. The molecule has 0 bridgehead atoms. The lowest BCUT2D eigenvalue weighted by Crippen LogP contribution is -2.25. The van der Waals surface area contributed by atoms with E-state index in [4.69, 9.17) is 5.73 Å². The van der Waals surface area contributed by atoms with Crippen molar-refractivity contribution in [3.05, 3.63) is 58.3 Å². The predicted octanol–water partition coefficient (Wildman–Crippen LogP) is 2.40. The number of carbonyl (C=O) groups excluding carboxylic acids is 1. The highest BCUT2D eigenvalue weighted by Gasteiger charge is 2.06. The van der Waals surface area contributed by atoms with Crippen molar-refractivity contribution >= 4 is 27.5 Å². The van der Waals surface area contributed by atoms with Crippen molar-refractivity contribution in [1.29, 1.82) is 0 Å². The number of nitrogens with one attached hydrogen (secondary N) is 1. The van der Waals surface area contributed by atoms with E-state index >= 15 is 0 Å². The average molecular weight is 320 g/mol. The summed E-state index contributed by atoms with van der Waals surface area (Å²) >= 11 is 3.32. The highest BCUT2D eigenvalue weighted by atomic mass is 79.9. The van der Waals surface area contributed by atoms with Crippen LogP contribution in [0, 0.1) is 0 Å². The monoisotopic (exact) mass is 319 g/mol. The molecule has 2 aromatic rings. The number of nitrogens with two attached hydrogens (primary N) is 1. The van der Waals surface area contributed by atoms with Crippen LogP contribution in [0.5, 0.6) is 0 Å². The Kier molecular flexibility index (Phi) is 4.52. The number of nitrogens with zero attached hydrogens (tertiary/aromatic N) is 1. The summed E-state index contributed by atoms with van der Waals surface area (Å²) in [6, 6.07) is 9.02. The van der Waals surface area contributed by atoms with Crippen LogP contribution in [-0.4, -0.2) is 17.4 Å². The zero-order valence-corrected chi connectivity index (χ0v) is 11.9. The SMILES string of the molecule is Nc1cc(Br)cc(C(=O)NCCc2cccnc2)c1. The highest BCUT2D eigenvalue weighted by Crippen LogP contribution is 2.17. The van der Waals surface area contributed by atoms with Gasteiger partial charge in [-0.25, -0.2) is 0 Å². The van der Waals surface area contributed by atoms with Gasteiger partial charge < -0.3 is 11.1 Å². The Labute approximate surface area is 120 Å². The van der Waals surface area contributed by atoms with E-state index in [1.165, 1.54) is 0 Å². The molecular formula is C14H14BrN3O. The second-order valence-electron chi connectivity index (χ2n) is 4.14. The number of anilines is 1. The molecular weight excluding hydrogens is 306 g/mol. The summed E-state index contributed by atoms with van der Waals surface area (Å²) < 4.78 is 0.796. The number of hydrogen-bond acceptors (Lipinski definition) is 3. The van der Waals surface area contributed by atoms with Crippen molar-refractivity contribution in [3.8, 4) is 0 Å². The first kappa shape index (κ1) is 13.5. The summed E-state index contributed by atoms with van der Waals surface area (Å²) in [6.07, 6.45) is 4.28. The van der Waals surface area contributed by atoms with E-state index in [0.29, 0.717) is 17.8 Å². The molecule has 0 atom stereocenters. The lowest BCUT2D eigenvalue weighted by atomic mass is 10.2. The molecule has 0 saturated heterocycles. The summed E-state index contributed by atoms with van der Waals surface area (Å²) in [4.78, 5) is 16.0. The zero-order valence-electron chi connectivity index (χ0n) is 10.3. The Hall–Kier alpha value is -1.88. The third kappa shape index (κ3) is 4.06. The van der Waals surface area contributed by atoms with Gasteiger partial charge in [-0.3, -0.25) is 9.78 Å². The minimum atomic E-state index is -0.128. The molecule has 1 heterocycles. The van der Waals surface area contributed by atoms with E-state index in [9.17, 15) is 4.79 Å². The molecule has 2 rings (SSSR count). The van der Waals surface area contributed by atoms with Gasteiger partial charge in [0.1, 0.15) is 0 Å². The first-order valence-electron chi connectivity index (χ1n) is 5.88. The predicted molar refractivity (Wildman–Crippen MR) is 78.8 cm³/mol. The van der Waals surface area contributed by atoms with Crippen LogP contribution < -0.4 is 11.1 Å². The van der Waals surface area contributed by atoms with Crippen molar-refractivity contribution in [2.45, 2.75) is 6.42 Å². The van der Waals surface area contributed by atoms with Crippen molar-refractivity contribution in [3.63, 3.8) is 0 Å². The van der Waals surface area contributed by atoms with E-state index in [1.807, 2.05) is 12.1 Å². The topological polar surface area (TPSA) is 68.0 Å². The Balaban J connectivity index is 1.91. The first-order chi connectivity index (χ1) is 9.15. The van der Waals surface area contributed by atoms with Crippen LogP contribution in [-0.2, 0) is 6.42 Å². The summed E-state index contributed by atoms with van der Waals surface area (Å²) in [5, 5.41) is 2.86. The van der Waals surface area contributed by atoms with Gasteiger partial charge in [-0.15, -0.1) is 0 Å². The summed E-state index contributed by atoms with van der Waals surface area (Å²) in [7, 11) is 0. The normalized spacial score (nSPS) is 10.2. The molecule has 0 spiro atoms. The van der Waals surface area contributed by atoms with Gasteiger partial charge in [0, 0.05) is 34.7 Å². The highest BCUT2D eigenvalue weighted by molar-refractivity contribution is 9.10. The molecule has 19 heavy (non-hydrogen) atoms. The van der Waals surface area contributed by atoms with Gasteiger partial charge in [0.2, 0.25) is 0 Å². The third-order valence-corrected chi connectivity index (χ3v) is 3.06. The third-order valence-electron chi connectivity index (χ3n) is 2.60. The molecule has 0 radical (unpaired) electrons. The average Bonchev–Trinajstić information content (AvgIpc) is 2.38. The largest absolute Gasteiger partial charge is 0.399 e. The minimum Gasteiger partial charge on any atom is -0.399 e. The van der Waals surface area contributed by atoms with Gasteiger partial charge in [0.15, 0.2) is 0 Å². The standard InChI is InChI=1S/C14H14BrN3O/c15-12-6-11(7-13(16)8-12)14(19)18-5-3-10-2-1-4-17-9-10/h1-2,4,6-9H,3,5,16H2,(H,18,19). The molecule has 3 N–H and O–H groups in total. The van der Waals surface area contributed by atoms with Crippen LogP contribution in [0.25, 0.3) is 0 Å². The Morgan fingerprint density at radius 2 is 2.21 bits per heavy atom. The summed E-state index contributed by atoms with van der Waals surface area (Å²) in [5.74, 6) is -0.128. The van der Waals surface area contributed by atoms with E-state index in [-0.39, 0.29) is 5.91 Å². The fraction of sp³-hybridized carbons (Fsp3) is 0.143. The molecule has 1 aromatic carbocycles. The minimum absolute atomic E-state index is 0.128. The molecule has 0 fully saturated rings. The molecule has 98 valence electrons.